The molecule has 1 unspecified atom stereocenters. The van der Waals surface area contributed by atoms with Gasteiger partial charge in [0.25, 0.3) is 5.91 Å². The first-order chi connectivity index (χ1) is 10.0. The third-order valence-corrected chi connectivity index (χ3v) is 3.45. The Hall–Kier alpha value is -2.86. The maximum Gasteiger partial charge on any atom is 0.337 e. The summed E-state index contributed by atoms with van der Waals surface area (Å²) in [6.45, 7) is 0. The number of carboxylic acids is 1. The van der Waals surface area contributed by atoms with Crippen molar-refractivity contribution in [3.8, 4) is 0 Å². The van der Waals surface area contributed by atoms with E-state index >= 15 is 0 Å². The lowest BCUT2D eigenvalue weighted by Crippen LogP contribution is -2.50. The number of carbonyl (C=O) groups is 2. The van der Waals surface area contributed by atoms with E-state index in [1.807, 2.05) is 0 Å². The van der Waals surface area contributed by atoms with Gasteiger partial charge in [0.2, 0.25) is 0 Å². The van der Waals surface area contributed by atoms with Crippen molar-refractivity contribution in [3.05, 3.63) is 59.7 Å². The van der Waals surface area contributed by atoms with Gasteiger partial charge in [-0.15, -0.1) is 0 Å². The molecule has 0 bridgehead atoms. The van der Waals surface area contributed by atoms with Crippen LogP contribution in [0.3, 0.4) is 0 Å². The molecular weight excluding hydrogens is 270 g/mol. The number of hydrogen-bond acceptors (Lipinski definition) is 4. The lowest BCUT2D eigenvalue weighted by molar-refractivity contribution is -0.119. The van der Waals surface area contributed by atoms with E-state index in [-0.39, 0.29) is 5.56 Å². The number of fused-ring (bicyclic) bond motifs is 1. The zero-order chi connectivity index (χ0) is 15.0. The predicted molar refractivity (Wildman–Crippen MR) is 78.0 cm³/mol. The lowest BCUT2D eigenvalue weighted by Gasteiger charge is -2.25. The highest BCUT2D eigenvalue weighted by atomic mass is 16.4. The minimum absolute atomic E-state index is 0.0551. The summed E-state index contributed by atoms with van der Waals surface area (Å²) in [5.41, 5.74) is 6.24. The fourth-order valence-electron chi connectivity index (χ4n) is 2.39. The Morgan fingerprint density at radius 2 is 1.81 bits per heavy atom. The van der Waals surface area contributed by atoms with Crippen LogP contribution < -0.4 is 16.4 Å². The zero-order valence-corrected chi connectivity index (χ0v) is 11.0. The number of nitrogens with one attached hydrogen (secondary N) is 2. The van der Waals surface area contributed by atoms with Gasteiger partial charge in [-0.2, -0.15) is 0 Å². The largest absolute Gasteiger partial charge is 0.478 e. The first-order valence-corrected chi connectivity index (χ1v) is 6.33. The second kappa shape index (κ2) is 4.60. The van der Waals surface area contributed by atoms with E-state index in [1.165, 1.54) is 6.07 Å². The average Bonchev–Trinajstić information content (AvgIpc) is 2.71. The molecule has 1 amide bonds. The number of amides is 1. The number of rotatable bonds is 3. The molecule has 0 aromatic heterocycles. The van der Waals surface area contributed by atoms with Gasteiger partial charge in [-0.3, -0.25) is 10.5 Å². The van der Waals surface area contributed by atoms with E-state index in [1.54, 1.807) is 42.5 Å². The highest BCUT2D eigenvalue weighted by molar-refractivity contribution is 6.08. The SMILES string of the molecule is NC1(Nc2ccccc2C(=O)O)C(=O)Nc2ccccc21. The lowest BCUT2D eigenvalue weighted by atomic mass is 10.0. The fourth-order valence-corrected chi connectivity index (χ4v) is 2.39. The van der Waals surface area contributed by atoms with Gasteiger partial charge in [-0.1, -0.05) is 30.3 Å². The highest BCUT2D eigenvalue weighted by Crippen LogP contribution is 2.35. The molecule has 106 valence electrons. The van der Waals surface area contributed by atoms with Crippen LogP contribution in [0.1, 0.15) is 15.9 Å². The van der Waals surface area contributed by atoms with Gasteiger partial charge in [0.05, 0.1) is 11.3 Å². The molecule has 0 saturated heterocycles. The van der Waals surface area contributed by atoms with Crippen LogP contribution in [0.25, 0.3) is 0 Å². The monoisotopic (exact) mass is 283 g/mol. The second-order valence-corrected chi connectivity index (χ2v) is 4.78. The van der Waals surface area contributed by atoms with Crippen LogP contribution in [0.5, 0.6) is 0 Å². The topological polar surface area (TPSA) is 104 Å². The standard InChI is InChI=1S/C15H13N3O3/c16-15(10-6-2-4-8-12(10)17-14(15)21)18-11-7-3-1-5-9(11)13(19)20/h1-8,18H,16H2,(H,17,21)(H,19,20). The van der Waals surface area contributed by atoms with Crippen molar-refractivity contribution in [1.82, 2.24) is 0 Å². The number of para-hydroxylation sites is 2. The summed E-state index contributed by atoms with van der Waals surface area (Å²) in [7, 11) is 0. The summed E-state index contributed by atoms with van der Waals surface area (Å²) < 4.78 is 0. The van der Waals surface area contributed by atoms with Crippen molar-refractivity contribution in [2.24, 2.45) is 5.73 Å². The number of nitrogens with two attached hydrogens (primary N) is 1. The first kappa shape index (κ1) is 13.1. The van der Waals surface area contributed by atoms with Gasteiger partial charge in [0, 0.05) is 11.3 Å². The third kappa shape index (κ3) is 2.02. The van der Waals surface area contributed by atoms with Gasteiger partial charge in [-0.05, 0) is 18.2 Å². The molecule has 0 fully saturated rings. The number of aromatic carboxylic acids is 1. The summed E-state index contributed by atoms with van der Waals surface area (Å²) in [5, 5.41) is 14.7. The molecule has 6 heteroatoms. The molecule has 2 aromatic carbocycles. The maximum atomic E-state index is 12.2. The maximum absolute atomic E-state index is 12.2. The summed E-state index contributed by atoms with van der Waals surface area (Å²) in [5.74, 6) is -1.52. The molecule has 0 radical (unpaired) electrons. The van der Waals surface area contributed by atoms with Crippen molar-refractivity contribution in [3.63, 3.8) is 0 Å². The molecule has 1 aliphatic heterocycles. The van der Waals surface area contributed by atoms with Crippen LogP contribution in [-0.4, -0.2) is 17.0 Å². The Balaban J connectivity index is 2.06. The molecule has 2 aromatic rings. The Labute approximate surface area is 120 Å². The molecule has 0 saturated carbocycles. The van der Waals surface area contributed by atoms with Crippen LogP contribution >= 0.6 is 0 Å². The first-order valence-electron chi connectivity index (χ1n) is 6.33. The third-order valence-electron chi connectivity index (χ3n) is 3.45. The highest BCUT2D eigenvalue weighted by Gasteiger charge is 2.44. The van der Waals surface area contributed by atoms with E-state index in [2.05, 4.69) is 10.6 Å². The van der Waals surface area contributed by atoms with Crippen LogP contribution in [0, 0.1) is 0 Å². The number of hydrogen-bond donors (Lipinski definition) is 4. The molecule has 5 N–H and O–H groups in total. The molecule has 1 atom stereocenters. The number of anilines is 2. The van der Waals surface area contributed by atoms with Crippen molar-refractivity contribution in [1.29, 1.82) is 0 Å². The van der Waals surface area contributed by atoms with Crippen LogP contribution in [0.15, 0.2) is 48.5 Å². The van der Waals surface area contributed by atoms with E-state index in [9.17, 15) is 14.7 Å². The smallest absolute Gasteiger partial charge is 0.337 e. The van der Waals surface area contributed by atoms with Crippen LogP contribution in [0.2, 0.25) is 0 Å². The van der Waals surface area contributed by atoms with Gasteiger partial charge in [-0.25, -0.2) is 4.79 Å². The van der Waals surface area contributed by atoms with Gasteiger partial charge < -0.3 is 15.7 Å². The van der Waals surface area contributed by atoms with E-state index in [4.69, 9.17) is 5.73 Å². The van der Waals surface area contributed by atoms with E-state index in [0.717, 1.165) is 0 Å². The molecule has 1 aliphatic rings. The summed E-state index contributed by atoms with van der Waals surface area (Å²) >= 11 is 0. The molecule has 3 rings (SSSR count). The minimum atomic E-state index is -1.50. The minimum Gasteiger partial charge on any atom is -0.478 e. The summed E-state index contributed by atoms with van der Waals surface area (Å²) in [6.07, 6.45) is 0. The molecule has 0 spiro atoms. The van der Waals surface area contributed by atoms with Crippen molar-refractivity contribution in [2.45, 2.75) is 5.66 Å². The normalized spacial score (nSPS) is 19.8. The van der Waals surface area contributed by atoms with Crippen molar-refractivity contribution < 1.29 is 14.7 Å². The Kier molecular flexibility index (Phi) is 2.88. The number of benzene rings is 2. The van der Waals surface area contributed by atoms with Crippen molar-refractivity contribution in [2.75, 3.05) is 10.6 Å². The predicted octanol–water partition coefficient (Wildman–Crippen LogP) is 1.56. The van der Waals surface area contributed by atoms with Crippen molar-refractivity contribution >= 4 is 23.3 Å². The van der Waals surface area contributed by atoms with Gasteiger partial charge in [0.1, 0.15) is 0 Å². The van der Waals surface area contributed by atoms with E-state index in [0.29, 0.717) is 16.9 Å². The summed E-state index contributed by atoms with van der Waals surface area (Å²) in [6, 6.07) is 13.3. The van der Waals surface area contributed by atoms with Gasteiger partial charge in [0.15, 0.2) is 5.66 Å². The van der Waals surface area contributed by atoms with E-state index < -0.39 is 17.5 Å². The molecular formula is C15H13N3O3. The van der Waals surface area contributed by atoms with Gasteiger partial charge >= 0.3 is 5.97 Å². The molecule has 6 nitrogen and oxygen atoms in total. The second-order valence-electron chi connectivity index (χ2n) is 4.78. The quantitative estimate of drug-likeness (QED) is 0.640. The zero-order valence-electron chi connectivity index (χ0n) is 11.0. The fraction of sp³-hybridized carbons (Fsp3) is 0.0667. The summed E-state index contributed by atoms with van der Waals surface area (Å²) in [4.78, 5) is 23.4. The Morgan fingerprint density at radius 1 is 1.14 bits per heavy atom. The number of carboxylic acid groups (broad SMARTS) is 1. The number of carbonyl (C=O) groups excluding carboxylic acids is 1. The Bertz CT molecular complexity index is 744. The average molecular weight is 283 g/mol. The Morgan fingerprint density at radius 3 is 2.57 bits per heavy atom. The molecule has 21 heavy (non-hydrogen) atoms. The van der Waals surface area contributed by atoms with Crippen LogP contribution in [0.4, 0.5) is 11.4 Å². The van der Waals surface area contributed by atoms with Crippen LogP contribution in [-0.2, 0) is 10.5 Å². The molecule has 0 aliphatic carbocycles. The molecule has 1 heterocycles.